The number of anilines is 2. The average molecular weight is 436 g/mol. The van der Waals surface area contributed by atoms with Crippen molar-refractivity contribution in [2.45, 2.75) is 13.3 Å². The number of carbonyl (C=O) groups is 2. The van der Waals surface area contributed by atoms with E-state index in [1.165, 1.54) is 0 Å². The molecule has 5 nitrogen and oxygen atoms in total. The Balaban J connectivity index is 1.65. The molecule has 1 heterocycles. The van der Waals surface area contributed by atoms with Gasteiger partial charge in [-0.05, 0) is 71.5 Å². The van der Waals surface area contributed by atoms with Crippen LogP contribution >= 0.6 is 22.6 Å². The zero-order chi connectivity index (χ0) is 17.1. The third kappa shape index (κ3) is 3.87. The lowest BCUT2D eigenvalue weighted by Gasteiger charge is -2.29. The van der Waals surface area contributed by atoms with Crippen LogP contribution in [0.15, 0.2) is 42.5 Å². The van der Waals surface area contributed by atoms with E-state index in [0.717, 1.165) is 20.5 Å². The molecule has 0 unspecified atom stereocenters. The number of hydrogen-bond acceptors (Lipinski definition) is 3. The summed E-state index contributed by atoms with van der Waals surface area (Å²) in [6.07, 6.45) is 0.227. The summed E-state index contributed by atoms with van der Waals surface area (Å²) in [5, 5.41) is 2.85. The molecule has 0 aromatic heterocycles. The van der Waals surface area contributed by atoms with E-state index in [4.69, 9.17) is 4.74 Å². The van der Waals surface area contributed by atoms with Crippen LogP contribution in [0.5, 0.6) is 5.75 Å². The lowest BCUT2D eigenvalue weighted by Crippen LogP contribution is -2.40. The maximum absolute atomic E-state index is 12.1. The van der Waals surface area contributed by atoms with Gasteiger partial charge in [0.1, 0.15) is 5.75 Å². The summed E-state index contributed by atoms with van der Waals surface area (Å²) in [6.45, 7) is 2.30. The fraction of sp³-hybridized carbons (Fsp3) is 0.222. The first-order chi connectivity index (χ1) is 11.5. The normalized spacial score (nSPS) is 13.2. The van der Waals surface area contributed by atoms with Crippen LogP contribution < -0.4 is 15.0 Å². The molecule has 0 bridgehead atoms. The van der Waals surface area contributed by atoms with E-state index < -0.39 is 0 Å². The number of rotatable bonds is 4. The number of halogens is 1. The Bertz CT molecular complexity index is 774. The summed E-state index contributed by atoms with van der Waals surface area (Å²) < 4.78 is 6.55. The SMILES string of the molecule is Cc1ccc2c(c1)N(CCC(=O)Nc1ccc(I)cc1)C(=O)CO2. The third-order valence-corrected chi connectivity index (χ3v) is 4.47. The van der Waals surface area contributed by atoms with Crippen molar-refractivity contribution in [1.29, 1.82) is 0 Å². The van der Waals surface area contributed by atoms with Gasteiger partial charge in [-0.25, -0.2) is 0 Å². The van der Waals surface area contributed by atoms with Gasteiger partial charge >= 0.3 is 0 Å². The molecule has 6 heteroatoms. The summed E-state index contributed by atoms with van der Waals surface area (Å²) in [5.41, 5.74) is 2.53. The highest BCUT2D eigenvalue weighted by Crippen LogP contribution is 2.32. The minimum Gasteiger partial charge on any atom is -0.482 e. The second-order valence-electron chi connectivity index (χ2n) is 5.61. The second kappa shape index (κ2) is 7.21. The van der Waals surface area contributed by atoms with Crippen molar-refractivity contribution in [2.75, 3.05) is 23.4 Å². The predicted molar refractivity (Wildman–Crippen MR) is 101 cm³/mol. The van der Waals surface area contributed by atoms with Crippen LogP contribution in [0, 0.1) is 10.5 Å². The molecule has 0 saturated heterocycles. The van der Waals surface area contributed by atoms with E-state index in [1.807, 2.05) is 49.4 Å². The number of amides is 2. The third-order valence-electron chi connectivity index (χ3n) is 3.75. The van der Waals surface area contributed by atoms with Gasteiger partial charge in [-0.1, -0.05) is 6.07 Å². The maximum Gasteiger partial charge on any atom is 0.265 e. The molecule has 0 fully saturated rings. The lowest BCUT2D eigenvalue weighted by atomic mass is 10.1. The van der Waals surface area contributed by atoms with Crippen LogP contribution in [-0.4, -0.2) is 25.0 Å². The van der Waals surface area contributed by atoms with E-state index in [9.17, 15) is 9.59 Å². The van der Waals surface area contributed by atoms with E-state index in [2.05, 4.69) is 27.9 Å². The Hall–Kier alpha value is -2.09. The Labute approximate surface area is 154 Å². The number of aryl methyl sites for hydroxylation is 1. The summed E-state index contributed by atoms with van der Waals surface area (Å²) >= 11 is 2.21. The number of hydrogen-bond donors (Lipinski definition) is 1. The molecule has 0 saturated carbocycles. The molecule has 0 atom stereocenters. The number of fused-ring (bicyclic) bond motifs is 1. The number of nitrogens with one attached hydrogen (secondary N) is 1. The highest BCUT2D eigenvalue weighted by atomic mass is 127. The summed E-state index contributed by atoms with van der Waals surface area (Å²) in [7, 11) is 0. The standard InChI is InChI=1S/C18H17IN2O3/c1-12-2-7-16-15(10-12)21(18(23)11-24-16)9-8-17(22)20-14-5-3-13(19)4-6-14/h2-7,10H,8-9,11H2,1H3,(H,20,22). The van der Waals surface area contributed by atoms with Crippen molar-refractivity contribution in [1.82, 2.24) is 0 Å². The number of benzene rings is 2. The monoisotopic (exact) mass is 436 g/mol. The first-order valence-corrected chi connectivity index (χ1v) is 8.70. The molecule has 2 amide bonds. The van der Waals surface area contributed by atoms with Crippen molar-refractivity contribution in [3.63, 3.8) is 0 Å². The van der Waals surface area contributed by atoms with E-state index in [0.29, 0.717) is 12.3 Å². The highest BCUT2D eigenvalue weighted by Gasteiger charge is 2.25. The highest BCUT2D eigenvalue weighted by molar-refractivity contribution is 14.1. The van der Waals surface area contributed by atoms with E-state index in [-0.39, 0.29) is 24.8 Å². The molecule has 0 aliphatic carbocycles. The zero-order valence-corrected chi connectivity index (χ0v) is 15.4. The van der Waals surface area contributed by atoms with Gasteiger partial charge in [-0.15, -0.1) is 0 Å². The average Bonchev–Trinajstić information content (AvgIpc) is 2.56. The van der Waals surface area contributed by atoms with Crippen molar-refractivity contribution >= 4 is 45.8 Å². The zero-order valence-electron chi connectivity index (χ0n) is 13.2. The van der Waals surface area contributed by atoms with Gasteiger partial charge in [0.05, 0.1) is 5.69 Å². The van der Waals surface area contributed by atoms with Gasteiger partial charge < -0.3 is 15.0 Å². The quantitative estimate of drug-likeness (QED) is 0.749. The minimum atomic E-state index is -0.129. The molecule has 24 heavy (non-hydrogen) atoms. The predicted octanol–water partition coefficient (Wildman–Crippen LogP) is 3.35. The van der Waals surface area contributed by atoms with Gasteiger partial charge in [0.15, 0.2) is 6.61 Å². The Morgan fingerprint density at radius 1 is 1.25 bits per heavy atom. The lowest BCUT2D eigenvalue weighted by molar-refractivity contribution is -0.121. The maximum atomic E-state index is 12.1. The van der Waals surface area contributed by atoms with Crippen LogP contribution in [0.2, 0.25) is 0 Å². The van der Waals surface area contributed by atoms with Gasteiger partial charge in [0, 0.05) is 22.2 Å². The molecular formula is C18H17IN2O3. The van der Waals surface area contributed by atoms with Crippen molar-refractivity contribution in [2.24, 2.45) is 0 Å². The largest absolute Gasteiger partial charge is 0.482 e. The first kappa shape index (κ1) is 16.8. The van der Waals surface area contributed by atoms with Gasteiger partial charge in [-0.2, -0.15) is 0 Å². The van der Waals surface area contributed by atoms with Crippen molar-refractivity contribution in [3.8, 4) is 5.75 Å². The van der Waals surface area contributed by atoms with Crippen molar-refractivity contribution in [3.05, 3.63) is 51.6 Å². The van der Waals surface area contributed by atoms with Gasteiger partial charge in [0.25, 0.3) is 5.91 Å². The molecule has 2 aromatic carbocycles. The smallest absolute Gasteiger partial charge is 0.265 e. The van der Waals surface area contributed by atoms with E-state index >= 15 is 0 Å². The number of nitrogens with zero attached hydrogens (tertiary/aromatic N) is 1. The topological polar surface area (TPSA) is 58.6 Å². The van der Waals surface area contributed by atoms with Crippen molar-refractivity contribution < 1.29 is 14.3 Å². The number of ether oxygens (including phenoxy) is 1. The molecule has 2 aromatic rings. The molecule has 1 aliphatic rings. The molecule has 0 spiro atoms. The second-order valence-corrected chi connectivity index (χ2v) is 6.86. The number of carbonyl (C=O) groups excluding carboxylic acids is 2. The van der Waals surface area contributed by atoms with Gasteiger partial charge in [0.2, 0.25) is 5.91 Å². The molecule has 124 valence electrons. The molecule has 1 aliphatic heterocycles. The van der Waals surface area contributed by atoms with Crippen LogP contribution in [0.25, 0.3) is 0 Å². The van der Waals surface area contributed by atoms with Crippen LogP contribution in [-0.2, 0) is 9.59 Å². The Kier molecular flexibility index (Phi) is 5.03. The summed E-state index contributed by atoms with van der Waals surface area (Å²) in [6, 6.07) is 13.3. The fourth-order valence-electron chi connectivity index (χ4n) is 2.53. The fourth-order valence-corrected chi connectivity index (χ4v) is 2.89. The summed E-state index contributed by atoms with van der Waals surface area (Å²) in [4.78, 5) is 25.9. The van der Waals surface area contributed by atoms with Crippen LogP contribution in [0.1, 0.15) is 12.0 Å². The molecule has 0 radical (unpaired) electrons. The van der Waals surface area contributed by atoms with Crippen LogP contribution in [0.4, 0.5) is 11.4 Å². The molecule has 3 rings (SSSR count). The van der Waals surface area contributed by atoms with Gasteiger partial charge in [-0.3, -0.25) is 9.59 Å². The first-order valence-electron chi connectivity index (χ1n) is 7.62. The molecule has 1 N–H and O–H groups in total. The molecular weight excluding hydrogens is 419 g/mol. The Morgan fingerprint density at radius 2 is 2.00 bits per heavy atom. The Morgan fingerprint density at radius 3 is 2.75 bits per heavy atom. The van der Waals surface area contributed by atoms with E-state index in [1.54, 1.807) is 4.90 Å². The summed E-state index contributed by atoms with van der Waals surface area (Å²) in [5.74, 6) is 0.429. The van der Waals surface area contributed by atoms with Crippen LogP contribution in [0.3, 0.4) is 0 Å². The minimum absolute atomic E-state index is 0.00873.